The number of aliphatic hydroxyl groups is 1. The Morgan fingerprint density at radius 3 is 2.88 bits per heavy atom. The van der Waals surface area contributed by atoms with Gasteiger partial charge in [0, 0.05) is 17.5 Å². The van der Waals surface area contributed by atoms with Crippen molar-refractivity contribution < 1.29 is 14.8 Å². The molecule has 0 amide bonds. The average molecular weight is 359 g/mol. The van der Waals surface area contributed by atoms with Gasteiger partial charge in [0.2, 0.25) is 0 Å². The molecule has 1 N–H and O–H groups in total. The summed E-state index contributed by atoms with van der Waals surface area (Å²) in [6.45, 7) is 3.68. The van der Waals surface area contributed by atoms with Gasteiger partial charge in [-0.25, -0.2) is 4.98 Å². The highest BCUT2D eigenvalue weighted by Crippen LogP contribution is 2.24. The second-order valence-corrected chi connectivity index (χ2v) is 6.41. The average Bonchev–Trinajstić information content (AvgIpc) is 2.58. The normalized spacial score (nSPS) is 11.6. The molecule has 0 saturated carbocycles. The second-order valence-electron chi connectivity index (χ2n) is 5.40. The van der Waals surface area contributed by atoms with Gasteiger partial charge in [-0.15, -0.1) is 11.8 Å². The van der Waals surface area contributed by atoms with E-state index in [0.29, 0.717) is 22.1 Å². The molecule has 0 aliphatic heterocycles. The minimum Gasteiger partial charge on any atom is -0.491 e. The van der Waals surface area contributed by atoms with Crippen molar-refractivity contribution in [3.05, 3.63) is 57.3 Å². The minimum absolute atomic E-state index is 0.0130. The lowest BCUT2D eigenvalue weighted by atomic mass is 10.1. The van der Waals surface area contributed by atoms with Crippen LogP contribution in [0.2, 0.25) is 0 Å². The fraction of sp³-hybridized carbons (Fsp3) is 0.294. The topological polar surface area (TPSA) is 109 Å². The molecule has 25 heavy (non-hydrogen) atoms. The van der Waals surface area contributed by atoms with Gasteiger partial charge in [-0.05, 0) is 31.5 Å². The fourth-order valence-electron chi connectivity index (χ4n) is 2.15. The summed E-state index contributed by atoms with van der Waals surface area (Å²) >= 11 is 1.28. The Balaban J connectivity index is 1.94. The van der Waals surface area contributed by atoms with Crippen molar-refractivity contribution in [2.24, 2.45) is 0 Å². The van der Waals surface area contributed by atoms with Gasteiger partial charge in [-0.2, -0.15) is 5.26 Å². The number of hydrogen-bond donors (Lipinski definition) is 1. The van der Waals surface area contributed by atoms with Crippen LogP contribution in [0.4, 0.5) is 5.69 Å². The van der Waals surface area contributed by atoms with E-state index in [-0.39, 0.29) is 12.3 Å². The Labute approximate surface area is 149 Å². The summed E-state index contributed by atoms with van der Waals surface area (Å²) in [5.41, 5.74) is 2.09. The van der Waals surface area contributed by atoms with Crippen LogP contribution in [0.5, 0.6) is 5.75 Å². The van der Waals surface area contributed by atoms with Gasteiger partial charge in [0.05, 0.1) is 22.7 Å². The molecule has 2 aromatic rings. The molecule has 2 rings (SSSR count). The van der Waals surface area contributed by atoms with Crippen LogP contribution >= 0.6 is 11.8 Å². The molecule has 1 aromatic heterocycles. The molecule has 1 aromatic carbocycles. The van der Waals surface area contributed by atoms with Crippen molar-refractivity contribution in [2.45, 2.75) is 25.0 Å². The van der Waals surface area contributed by atoms with Crippen LogP contribution in [0.15, 0.2) is 35.4 Å². The first-order valence-electron chi connectivity index (χ1n) is 7.47. The van der Waals surface area contributed by atoms with Crippen LogP contribution in [-0.4, -0.2) is 33.5 Å². The first-order chi connectivity index (χ1) is 11.9. The van der Waals surface area contributed by atoms with Crippen LogP contribution in [0, 0.1) is 35.3 Å². The summed E-state index contributed by atoms with van der Waals surface area (Å²) in [6.07, 6.45) is -0.807. The Hall–Kier alpha value is -2.63. The summed E-state index contributed by atoms with van der Waals surface area (Å²) in [4.78, 5) is 14.6. The molecular weight excluding hydrogens is 342 g/mol. The highest BCUT2D eigenvalue weighted by molar-refractivity contribution is 7.99. The van der Waals surface area contributed by atoms with Crippen molar-refractivity contribution in [3.63, 3.8) is 0 Å². The second kappa shape index (κ2) is 8.46. The SMILES string of the molecule is Cc1cc(C)c(C#N)c(SCC(O)COc2cccc([N+](=O)[O-])c2)n1. The van der Waals surface area contributed by atoms with Crippen molar-refractivity contribution in [3.8, 4) is 11.8 Å². The standard InChI is InChI=1S/C17H17N3O4S/c1-11-6-12(2)19-17(16(11)8-18)25-10-14(21)9-24-15-5-3-4-13(7-15)20(22)23/h3-7,14,21H,9-10H2,1-2H3. The summed E-state index contributed by atoms with van der Waals surface area (Å²) in [7, 11) is 0. The van der Waals surface area contributed by atoms with Crippen molar-refractivity contribution in [1.29, 1.82) is 5.26 Å². The number of pyridine rings is 1. The van der Waals surface area contributed by atoms with Gasteiger partial charge in [0.15, 0.2) is 0 Å². The molecule has 0 spiro atoms. The predicted molar refractivity (Wildman–Crippen MR) is 93.7 cm³/mol. The Morgan fingerprint density at radius 2 is 2.20 bits per heavy atom. The number of aliphatic hydroxyl groups excluding tert-OH is 1. The number of nitrogens with zero attached hydrogens (tertiary/aromatic N) is 3. The molecule has 1 atom stereocenters. The van der Waals surface area contributed by atoms with E-state index in [1.165, 1.54) is 30.0 Å². The number of nitriles is 1. The molecule has 0 radical (unpaired) electrons. The number of benzene rings is 1. The molecule has 0 saturated heterocycles. The third-order valence-corrected chi connectivity index (χ3v) is 4.43. The number of thioether (sulfide) groups is 1. The van der Waals surface area contributed by atoms with Crippen LogP contribution in [0.25, 0.3) is 0 Å². The summed E-state index contributed by atoms with van der Waals surface area (Å²) in [6, 6.07) is 9.75. The van der Waals surface area contributed by atoms with E-state index in [2.05, 4.69) is 11.1 Å². The maximum Gasteiger partial charge on any atom is 0.273 e. The lowest BCUT2D eigenvalue weighted by molar-refractivity contribution is -0.384. The van der Waals surface area contributed by atoms with Crippen molar-refractivity contribution in [2.75, 3.05) is 12.4 Å². The lowest BCUT2D eigenvalue weighted by Gasteiger charge is -2.13. The Kier molecular flexibility index (Phi) is 6.33. The highest BCUT2D eigenvalue weighted by atomic mass is 32.2. The van der Waals surface area contributed by atoms with E-state index in [1.807, 2.05) is 19.9 Å². The Morgan fingerprint density at radius 1 is 1.44 bits per heavy atom. The van der Waals surface area contributed by atoms with Crippen molar-refractivity contribution in [1.82, 2.24) is 4.98 Å². The van der Waals surface area contributed by atoms with Crippen molar-refractivity contribution >= 4 is 17.4 Å². The third kappa shape index (κ3) is 5.17. The van der Waals surface area contributed by atoms with Gasteiger partial charge in [0.1, 0.15) is 23.5 Å². The van der Waals surface area contributed by atoms with E-state index in [0.717, 1.165) is 11.3 Å². The summed E-state index contributed by atoms with van der Waals surface area (Å²) in [5.74, 6) is 0.611. The monoisotopic (exact) mass is 359 g/mol. The maximum atomic E-state index is 10.7. The summed E-state index contributed by atoms with van der Waals surface area (Å²) in [5, 5.41) is 30.6. The number of nitro benzene ring substituents is 1. The minimum atomic E-state index is -0.807. The van der Waals surface area contributed by atoms with E-state index in [9.17, 15) is 20.5 Å². The lowest BCUT2D eigenvalue weighted by Crippen LogP contribution is -2.20. The zero-order valence-electron chi connectivity index (χ0n) is 13.8. The first kappa shape index (κ1) is 18.7. The van der Waals surface area contributed by atoms with E-state index in [4.69, 9.17) is 4.74 Å². The highest BCUT2D eigenvalue weighted by Gasteiger charge is 2.13. The molecule has 130 valence electrons. The molecule has 1 unspecified atom stereocenters. The largest absolute Gasteiger partial charge is 0.491 e. The van der Waals surface area contributed by atoms with Crippen LogP contribution in [0.1, 0.15) is 16.8 Å². The van der Waals surface area contributed by atoms with Gasteiger partial charge < -0.3 is 9.84 Å². The molecule has 0 aliphatic carbocycles. The van der Waals surface area contributed by atoms with Crippen LogP contribution in [0.3, 0.4) is 0 Å². The van der Waals surface area contributed by atoms with Gasteiger partial charge >= 0.3 is 0 Å². The Bertz CT molecular complexity index is 820. The first-order valence-corrected chi connectivity index (χ1v) is 8.45. The maximum absolute atomic E-state index is 10.7. The molecule has 0 aliphatic rings. The van der Waals surface area contributed by atoms with Crippen LogP contribution < -0.4 is 4.74 Å². The number of ether oxygens (including phenoxy) is 1. The zero-order chi connectivity index (χ0) is 18.4. The number of aromatic nitrogens is 1. The van der Waals surface area contributed by atoms with E-state index >= 15 is 0 Å². The van der Waals surface area contributed by atoms with E-state index < -0.39 is 11.0 Å². The molecule has 0 fully saturated rings. The quantitative estimate of drug-likeness (QED) is 0.460. The third-order valence-electron chi connectivity index (χ3n) is 3.31. The van der Waals surface area contributed by atoms with Gasteiger partial charge in [0.25, 0.3) is 5.69 Å². The number of aryl methyl sites for hydroxylation is 2. The predicted octanol–water partition coefficient (Wildman–Crippen LogP) is 3.01. The molecular formula is C17H17N3O4S. The number of rotatable bonds is 7. The molecule has 0 bridgehead atoms. The number of non-ortho nitro benzene ring substituents is 1. The summed E-state index contributed by atoms with van der Waals surface area (Å²) < 4.78 is 5.40. The number of hydrogen-bond acceptors (Lipinski definition) is 7. The van der Waals surface area contributed by atoms with Gasteiger partial charge in [-0.3, -0.25) is 10.1 Å². The zero-order valence-corrected chi connectivity index (χ0v) is 14.6. The van der Waals surface area contributed by atoms with E-state index in [1.54, 1.807) is 6.07 Å². The molecule has 7 nitrogen and oxygen atoms in total. The number of nitro groups is 1. The smallest absolute Gasteiger partial charge is 0.273 e. The molecule has 8 heteroatoms. The van der Waals surface area contributed by atoms with Crippen LogP contribution in [-0.2, 0) is 0 Å². The van der Waals surface area contributed by atoms with Gasteiger partial charge in [-0.1, -0.05) is 6.07 Å². The molecule has 1 heterocycles. The fourth-order valence-corrected chi connectivity index (χ4v) is 3.15.